The monoisotopic (exact) mass is 263 g/mol. The normalized spacial score (nSPS) is 13.9. The highest BCUT2D eigenvalue weighted by molar-refractivity contribution is 6.19. The Morgan fingerprint density at radius 2 is 2.17 bits per heavy atom. The van der Waals surface area contributed by atoms with Gasteiger partial charge in [0.2, 0.25) is 0 Å². The van der Waals surface area contributed by atoms with Crippen LogP contribution in [0.1, 0.15) is 22.8 Å². The first kappa shape index (κ1) is 12.6. The standard InChI is InChI=1S/C13H14ClN3O/c1-13(9-14,11-5-3-2-4-6-11)17-12(18)10-7-15-16-8-10/h2-8H,9H2,1H3,(H,15,16)(H,17,18). The fourth-order valence-corrected chi connectivity index (χ4v) is 1.91. The molecule has 0 aliphatic carbocycles. The molecule has 0 fully saturated rings. The average molecular weight is 264 g/mol. The van der Waals surface area contributed by atoms with Gasteiger partial charge in [-0.1, -0.05) is 30.3 Å². The number of hydrogen-bond acceptors (Lipinski definition) is 2. The molecule has 0 bridgehead atoms. The molecule has 1 unspecified atom stereocenters. The lowest BCUT2D eigenvalue weighted by Crippen LogP contribution is -2.44. The maximum absolute atomic E-state index is 12.0. The van der Waals surface area contributed by atoms with Crippen molar-refractivity contribution in [2.45, 2.75) is 12.5 Å². The summed E-state index contributed by atoms with van der Waals surface area (Å²) in [4.78, 5) is 12.0. The van der Waals surface area contributed by atoms with Crippen molar-refractivity contribution >= 4 is 17.5 Å². The van der Waals surface area contributed by atoms with Crippen molar-refractivity contribution < 1.29 is 4.79 Å². The number of H-pyrrole nitrogens is 1. The summed E-state index contributed by atoms with van der Waals surface area (Å²) < 4.78 is 0. The Morgan fingerprint density at radius 1 is 1.44 bits per heavy atom. The van der Waals surface area contributed by atoms with Gasteiger partial charge in [0.1, 0.15) is 0 Å². The van der Waals surface area contributed by atoms with E-state index in [4.69, 9.17) is 11.6 Å². The van der Waals surface area contributed by atoms with E-state index >= 15 is 0 Å². The molecule has 18 heavy (non-hydrogen) atoms. The topological polar surface area (TPSA) is 57.8 Å². The van der Waals surface area contributed by atoms with Crippen LogP contribution in [0, 0.1) is 0 Å². The van der Waals surface area contributed by atoms with E-state index in [-0.39, 0.29) is 5.91 Å². The largest absolute Gasteiger partial charge is 0.341 e. The highest BCUT2D eigenvalue weighted by atomic mass is 35.5. The van der Waals surface area contributed by atoms with Crippen LogP contribution in [0.2, 0.25) is 0 Å². The fraction of sp³-hybridized carbons (Fsp3) is 0.231. The maximum Gasteiger partial charge on any atom is 0.255 e. The molecular formula is C13H14ClN3O. The van der Waals surface area contributed by atoms with Crippen molar-refractivity contribution in [2.24, 2.45) is 0 Å². The summed E-state index contributed by atoms with van der Waals surface area (Å²) in [6.45, 7) is 1.90. The van der Waals surface area contributed by atoms with Crippen LogP contribution in [-0.4, -0.2) is 22.0 Å². The average Bonchev–Trinajstić information content (AvgIpc) is 2.93. The summed E-state index contributed by atoms with van der Waals surface area (Å²) in [5.41, 5.74) is 0.857. The summed E-state index contributed by atoms with van der Waals surface area (Å²) in [5, 5.41) is 9.29. The van der Waals surface area contributed by atoms with Crippen molar-refractivity contribution in [2.75, 3.05) is 5.88 Å². The number of nitrogens with zero attached hydrogens (tertiary/aromatic N) is 1. The van der Waals surface area contributed by atoms with Crippen LogP contribution < -0.4 is 5.32 Å². The Morgan fingerprint density at radius 3 is 2.72 bits per heavy atom. The minimum atomic E-state index is -0.600. The van der Waals surface area contributed by atoms with Gasteiger partial charge in [0, 0.05) is 12.1 Å². The van der Waals surface area contributed by atoms with Crippen molar-refractivity contribution in [1.29, 1.82) is 0 Å². The minimum absolute atomic E-state index is 0.198. The molecule has 1 atom stereocenters. The van der Waals surface area contributed by atoms with Crippen LogP contribution in [0.3, 0.4) is 0 Å². The van der Waals surface area contributed by atoms with Crippen LogP contribution in [0.25, 0.3) is 0 Å². The Kier molecular flexibility index (Phi) is 3.67. The predicted molar refractivity (Wildman–Crippen MR) is 70.6 cm³/mol. The van der Waals surface area contributed by atoms with Crippen molar-refractivity contribution in [1.82, 2.24) is 15.5 Å². The molecule has 1 heterocycles. The third-order valence-corrected chi connectivity index (χ3v) is 3.36. The number of benzene rings is 1. The van der Waals surface area contributed by atoms with Crippen LogP contribution in [-0.2, 0) is 5.54 Å². The zero-order chi connectivity index (χ0) is 13.0. The second-order valence-corrected chi connectivity index (χ2v) is 4.54. The number of carbonyl (C=O) groups is 1. The van der Waals surface area contributed by atoms with Crippen LogP contribution in [0.15, 0.2) is 42.7 Å². The van der Waals surface area contributed by atoms with Crippen molar-refractivity contribution in [3.05, 3.63) is 53.9 Å². The van der Waals surface area contributed by atoms with Gasteiger partial charge in [0.25, 0.3) is 5.91 Å². The van der Waals surface area contributed by atoms with E-state index in [2.05, 4.69) is 15.5 Å². The van der Waals surface area contributed by atoms with E-state index in [1.54, 1.807) is 6.20 Å². The molecule has 1 aromatic carbocycles. The molecule has 2 aromatic rings. The van der Waals surface area contributed by atoms with Gasteiger partial charge in [-0.15, -0.1) is 11.6 Å². The van der Waals surface area contributed by atoms with Gasteiger partial charge in [-0.25, -0.2) is 0 Å². The lowest BCUT2D eigenvalue weighted by molar-refractivity contribution is 0.0913. The summed E-state index contributed by atoms with van der Waals surface area (Å²) in [5.74, 6) is 0.0939. The zero-order valence-electron chi connectivity index (χ0n) is 9.98. The molecule has 94 valence electrons. The molecule has 0 aliphatic rings. The zero-order valence-corrected chi connectivity index (χ0v) is 10.7. The number of hydrogen-bond donors (Lipinski definition) is 2. The first-order chi connectivity index (χ1) is 8.65. The number of amides is 1. The van der Waals surface area contributed by atoms with Gasteiger partial charge in [-0.2, -0.15) is 5.10 Å². The Balaban J connectivity index is 2.21. The fourth-order valence-electron chi connectivity index (χ4n) is 1.69. The Bertz CT molecular complexity index is 512. The molecule has 2 N–H and O–H groups in total. The van der Waals surface area contributed by atoms with E-state index in [0.717, 1.165) is 5.56 Å². The van der Waals surface area contributed by atoms with Crippen LogP contribution in [0.5, 0.6) is 0 Å². The van der Waals surface area contributed by atoms with E-state index in [0.29, 0.717) is 11.4 Å². The Hall–Kier alpha value is -1.81. The quantitative estimate of drug-likeness (QED) is 0.832. The first-order valence-corrected chi connectivity index (χ1v) is 6.12. The predicted octanol–water partition coefficient (Wildman–Crippen LogP) is 2.29. The van der Waals surface area contributed by atoms with E-state index in [1.165, 1.54) is 6.20 Å². The highest BCUT2D eigenvalue weighted by Crippen LogP contribution is 2.22. The van der Waals surface area contributed by atoms with Crippen LogP contribution >= 0.6 is 11.6 Å². The highest BCUT2D eigenvalue weighted by Gasteiger charge is 2.28. The summed E-state index contributed by atoms with van der Waals surface area (Å²) in [6.07, 6.45) is 3.03. The van der Waals surface area contributed by atoms with Crippen molar-refractivity contribution in [3.63, 3.8) is 0 Å². The molecule has 0 saturated heterocycles. The molecule has 5 heteroatoms. The van der Waals surface area contributed by atoms with E-state index in [1.807, 2.05) is 37.3 Å². The summed E-state index contributed by atoms with van der Waals surface area (Å²) in [7, 11) is 0. The molecule has 0 radical (unpaired) electrons. The van der Waals surface area contributed by atoms with E-state index < -0.39 is 5.54 Å². The first-order valence-electron chi connectivity index (χ1n) is 5.58. The van der Waals surface area contributed by atoms with Gasteiger partial charge in [0.15, 0.2) is 0 Å². The SMILES string of the molecule is CC(CCl)(NC(=O)c1cn[nH]c1)c1ccccc1. The van der Waals surface area contributed by atoms with Gasteiger partial charge in [-0.3, -0.25) is 9.89 Å². The lowest BCUT2D eigenvalue weighted by atomic mass is 9.94. The molecule has 4 nitrogen and oxygen atoms in total. The molecule has 0 saturated carbocycles. The van der Waals surface area contributed by atoms with Gasteiger partial charge < -0.3 is 5.32 Å². The molecular weight excluding hydrogens is 250 g/mol. The number of aromatic amines is 1. The second-order valence-electron chi connectivity index (χ2n) is 4.27. The number of nitrogens with one attached hydrogen (secondary N) is 2. The second kappa shape index (κ2) is 5.23. The van der Waals surface area contributed by atoms with Gasteiger partial charge >= 0.3 is 0 Å². The number of aromatic nitrogens is 2. The lowest BCUT2D eigenvalue weighted by Gasteiger charge is -2.29. The number of rotatable bonds is 4. The molecule has 1 aromatic heterocycles. The van der Waals surface area contributed by atoms with Crippen molar-refractivity contribution in [3.8, 4) is 0 Å². The number of carbonyl (C=O) groups excluding carboxylic acids is 1. The minimum Gasteiger partial charge on any atom is -0.341 e. The van der Waals surface area contributed by atoms with Crippen LogP contribution in [0.4, 0.5) is 0 Å². The Labute approximate surface area is 110 Å². The summed E-state index contributed by atoms with van der Waals surface area (Å²) >= 11 is 6.01. The summed E-state index contributed by atoms with van der Waals surface area (Å²) in [6, 6.07) is 9.65. The smallest absolute Gasteiger partial charge is 0.255 e. The molecule has 1 amide bonds. The molecule has 2 rings (SSSR count). The number of halogens is 1. The molecule has 0 spiro atoms. The van der Waals surface area contributed by atoms with E-state index in [9.17, 15) is 4.79 Å². The van der Waals surface area contributed by atoms with Gasteiger partial charge in [0.05, 0.1) is 17.3 Å². The van der Waals surface area contributed by atoms with Gasteiger partial charge in [-0.05, 0) is 12.5 Å². The number of alkyl halides is 1. The maximum atomic E-state index is 12.0. The third-order valence-electron chi connectivity index (χ3n) is 2.83. The molecule has 0 aliphatic heterocycles. The third kappa shape index (κ3) is 2.54.